The number of fused-ring (bicyclic) bond motifs is 6. The van der Waals surface area contributed by atoms with Crippen molar-refractivity contribution in [1.82, 2.24) is 4.98 Å². The molecule has 3 heterocycles. The molecule has 1 aromatic heterocycles. The van der Waals surface area contributed by atoms with E-state index < -0.39 is 104 Å². The molecule has 2 aliphatic carbocycles. The number of rotatable bonds is 4. The fraction of sp³-hybridized carbons (Fsp3) is 0.186. The molecule has 6 unspecified atom stereocenters. The van der Waals surface area contributed by atoms with Gasteiger partial charge in [-0.3, -0.25) is 24.1 Å². The van der Waals surface area contributed by atoms with E-state index in [1.807, 2.05) is 6.07 Å². The van der Waals surface area contributed by atoms with Crippen LogP contribution in [0.2, 0.25) is 0 Å². The minimum absolute atomic E-state index is 0.0543. The summed E-state index contributed by atoms with van der Waals surface area (Å²) in [4.78, 5) is 57.8. The first-order valence-electron chi connectivity index (χ1n) is 18.2. The molecule has 2 aliphatic heterocycles. The molecule has 59 heavy (non-hydrogen) atoms. The number of aromatic nitrogens is 1. The predicted molar refractivity (Wildman–Crippen MR) is 204 cm³/mol. The lowest BCUT2D eigenvalue weighted by molar-refractivity contribution is -0.125. The van der Waals surface area contributed by atoms with Gasteiger partial charge in [-0.15, -0.1) is 23.2 Å². The highest BCUT2D eigenvalue weighted by molar-refractivity contribution is 6.58. The van der Waals surface area contributed by atoms with E-state index >= 15 is 8.78 Å². The van der Waals surface area contributed by atoms with Gasteiger partial charge in [-0.1, -0.05) is 54.1 Å². The Balaban J connectivity index is 1.11. The molecule has 0 bridgehead atoms. The summed E-state index contributed by atoms with van der Waals surface area (Å²) in [5, 5.41) is 12.4. The number of imide groups is 2. The first-order chi connectivity index (χ1) is 28.2. The van der Waals surface area contributed by atoms with E-state index in [0.717, 1.165) is 4.90 Å². The fourth-order valence-corrected chi connectivity index (χ4v) is 10.4. The first-order valence-corrected chi connectivity index (χ1v) is 19.0. The van der Waals surface area contributed by atoms with Crippen LogP contribution in [0.3, 0.4) is 0 Å². The molecule has 10 rings (SSSR count). The number of phenolic OH excluding ortho intramolecular Hbond substituents is 1. The van der Waals surface area contributed by atoms with Gasteiger partial charge in [0.05, 0.1) is 17.5 Å². The van der Waals surface area contributed by atoms with Crippen molar-refractivity contribution in [2.24, 2.45) is 17.8 Å². The van der Waals surface area contributed by atoms with Crippen molar-refractivity contribution >= 4 is 80.1 Å². The van der Waals surface area contributed by atoms with Crippen LogP contribution in [-0.4, -0.2) is 43.5 Å². The van der Waals surface area contributed by atoms with E-state index in [0.29, 0.717) is 33.3 Å². The van der Waals surface area contributed by atoms with Crippen molar-refractivity contribution in [3.63, 3.8) is 0 Å². The minimum atomic E-state index is -2.80. The van der Waals surface area contributed by atoms with Crippen LogP contribution in [0.1, 0.15) is 24.3 Å². The standard InChI is InChI=1S/C43H24Cl2F5N3O6/c44-42-17-24-22(14-15-23-28(24)39(56)52(38(23)55)20-12-9-19(10-13-20)37-51-25-7-3-4-8-27(25)59-37)30(29-21-6-2-1-5-18(21)11-16-26(29)54)43(42,45)41(58)53(40(42)57)36-34(49)32(47)31(46)33(48)35(36)50/h1-14,16,23-24,28,30,54H,15,17H2. The van der Waals surface area contributed by atoms with Crippen LogP contribution in [-0.2, 0) is 19.2 Å². The lowest BCUT2D eigenvalue weighted by Crippen LogP contribution is -2.60. The van der Waals surface area contributed by atoms with Gasteiger partial charge in [0.25, 0.3) is 11.8 Å². The fourth-order valence-electron chi connectivity index (χ4n) is 9.47. The van der Waals surface area contributed by atoms with Crippen molar-refractivity contribution < 1.29 is 50.7 Å². The minimum Gasteiger partial charge on any atom is -0.508 e. The topological polar surface area (TPSA) is 121 Å². The number of allylic oxidation sites excluding steroid dienone is 2. The predicted octanol–water partition coefficient (Wildman–Crippen LogP) is 8.82. The molecule has 0 radical (unpaired) electrons. The maximum absolute atomic E-state index is 15.5. The van der Waals surface area contributed by atoms with Crippen molar-refractivity contribution in [3.8, 4) is 17.2 Å². The average Bonchev–Trinajstić information content (AvgIpc) is 3.83. The molecule has 6 aromatic rings. The number of oxazole rings is 1. The Morgan fingerprint density at radius 1 is 0.729 bits per heavy atom. The number of carbonyl (C=O) groups excluding carboxylic acids is 4. The van der Waals surface area contributed by atoms with E-state index in [4.69, 9.17) is 27.6 Å². The summed E-state index contributed by atoms with van der Waals surface area (Å²) in [6.45, 7) is 0. The quantitative estimate of drug-likeness (QED) is 0.0471. The van der Waals surface area contributed by atoms with Gasteiger partial charge >= 0.3 is 0 Å². The van der Waals surface area contributed by atoms with Crippen LogP contribution in [0, 0.1) is 46.8 Å². The number of benzene rings is 5. The molecule has 2 saturated heterocycles. The van der Waals surface area contributed by atoms with E-state index in [9.17, 15) is 37.5 Å². The Hall–Kier alpha value is -6.12. The number of phenols is 1. The lowest BCUT2D eigenvalue weighted by atomic mass is 9.56. The normalized spacial score (nSPS) is 26.5. The molecule has 0 spiro atoms. The number of hydrogen-bond donors (Lipinski definition) is 1. The summed E-state index contributed by atoms with van der Waals surface area (Å²) in [5.41, 5.74) is 0.207. The molecule has 6 atom stereocenters. The van der Waals surface area contributed by atoms with E-state index in [-0.39, 0.29) is 28.1 Å². The SMILES string of the molecule is O=C1C2CC=C3C(CC4(Cl)C(=O)N(c5c(F)c(F)c(F)c(F)c5F)C(=O)C4(Cl)C3c3c(O)ccc4ccccc34)C2C(=O)N1c1ccc(-c2nc3ccccc3o2)cc1. The van der Waals surface area contributed by atoms with Crippen molar-refractivity contribution in [3.05, 3.63) is 131 Å². The molecule has 1 saturated carbocycles. The van der Waals surface area contributed by atoms with Crippen LogP contribution in [0.15, 0.2) is 101 Å². The van der Waals surface area contributed by atoms with Crippen molar-refractivity contribution in [2.45, 2.75) is 28.5 Å². The largest absolute Gasteiger partial charge is 0.508 e. The van der Waals surface area contributed by atoms with E-state index in [2.05, 4.69) is 4.98 Å². The molecule has 16 heteroatoms. The van der Waals surface area contributed by atoms with Gasteiger partial charge in [0.2, 0.25) is 23.5 Å². The Morgan fingerprint density at radius 3 is 2.10 bits per heavy atom. The van der Waals surface area contributed by atoms with Crippen LogP contribution in [0.5, 0.6) is 5.75 Å². The lowest BCUT2D eigenvalue weighted by Gasteiger charge is -2.51. The van der Waals surface area contributed by atoms with Gasteiger partial charge < -0.3 is 9.52 Å². The maximum Gasteiger partial charge on any atom is 0.258 e. The molecule has 296 valence electrons. The second-order valence-corrected chi connectivity index (χ2v) is 16.2. The third-order valence-corrected chi connectivity index (χ3v) is 13.5. The number of para-hydroxylation sites is 2. The monoisotopic (exact) mass is 843 g/mol. The smallest absolute Gasteiger partial charge is 0.258 e. The average molecular weight is 845 g/mol. The summed E-state index contributed by atoms with van der Waals surface area (Å²) in [6, 6.07) is 22.9. The van der Waals surface area contributed by atoms with Gasteiger partial charge in [0, 0.05) is 17.0 Å². The summed E-state index contributed by atoms with van der Waals surface area (Å²) in [7, 11) is 0. The highest BCUT2D eigenvalue weighted by Crippen LogP contribution is 2.67. The molecular formula is C43H24Cl2F5N3O6. The van der Waals surface area contributed by atoms with Gasteiger partial charge in [0.1, 0.15) is 17.0 Å². The van der Waals surface area contributed by atoms with Crippen LogP contribution in [0.25, 0.3) is 33.3 Å². The van der Waals surface area contributed by atoms with Crippen LogP contribution in [0.4, 0.5) is 33.3 Å². The number of hydrogen-bond acceptors (Lipinski definition) is 7. The number of amides is 4. The number of anilines is 2. The number of aromatic hydroxyl groups is 1. The zero-order valence-corrected chi connectivity index (χ0v) is 31.4. The molecule has 4 aliphatic rings. The summed E-state index contributed by atoms with van der Waals surface area (Å²) >= 11 is 14.6. The first kappa shape index (κ1) is 37.2. The second-order valence-electron chi connectivity index (χ2n) is 15.0. The van der Waals surface area contributed by atoms with Crippen LogP contribution < -0.4 is 9.80 Å². The summed E-state index contributed by atoms with van der Waals surface area (Å²) in [5.74, 6) is -22.1. The Labute approximate surface area is 339 Å². The number of nitrogens with zero attached hydrogens (tertiary/aromatic N) is 3. The number of alkyl halides is 2. The molecule has 4 amide bonds. The Kier molecular flexibility index (Phi) is 7.99. The Bertz CT molecular complexity index is 2880. The number of halogens is 7. The summed E-state index contributed by atoms with van der Waals surface area (Å²) < 4.78 is 80.3. The number of carbonyl (C=O) groups is 4. The van der Waals surface area contributed by atoms with Crippen LogP contribution >= 0.6 is 23.2 Å². The molecule has 3 fully saturated rings. The van der Waals surface area contributed by atoms with E-state index in [1.54, 1.807) is 66.7 Å². The van der Waals surface area contributed by atoms with Gasteiger partial charge in [-0.2, -0.15) is 0 Å². The summed E-state index contributed by atoms with van der Waals surface area (Å²) in [6.07, 6.45) is 0.807. The maximum atomic E-state index is 15.5. The Morgan fingerprint density at radius 2 is 1.39 bits per heavy atom. The highest BCUT2D eigenvalue weighted by Gasteiger charge is 2.77. The van der Waals surface area contributed by atoms with Gasteiger partial charge in [-0.05, 0) is 72.0 Å². The van der Waals surface area contributed by atoms with Crippen molar-refractivity contribution in [2.75, 3.05) is 9.80 Å². The third kappa shape index (κ3) is 4.81. The molecule has 9 nitrogen and oxygen atoms in total. The molecule has 1 N–H and O–H groups in total. The molecular weight excluding hydrogens is 820 g/mol. The second kappa shape index (κ2) is 12.7. The van der Waals surface area contributed by atoms with Gasteiger partial charge in [0.15, 0.2) is 38.6 Å². The highest BCUT2D eigenvalue weighted by atomic mass is 35.5. The zero-order chi connectivity index (χ0) is 41.4. The van der Waals surface area contributed by atoms with Gasteiger partial charge in [-0.25, -0.2) is 31.8 Å². The third-order valence-electron chi connectivity index (χ3n) is 12.1. The zero-order valence-electron chi connectivity index (χ0n) is 29.9. The van der Waals surface area contributed by atoms with Crippen molar-refractivity contribution in [1.29, 1.82) is 0 Å². The van der Waals surface area contributed by atoms with E-state index in [1.165, 1.54) is 18.2 Å². The molecule has 5 aromatic carbocycles.